The van der Waals surface area contributed by atoms with Crippen LogP contribution >= 0.6 is 0 Å². The number of ether oxygens (including phenoxy) is 2. The Morgan fingerprint density at radius 2 is 1.65 bits per heavy atom. The number of anilines is 1. The Kier molecular flexibility index (Phi) is 4.14. The minimum atomic E-state index is -0.654. The Bertz CT molecular complexity index is 1080. The zero-order valence-electron chi connectivity index (χ0n) is 16.9. The van der Waals surface area contributed by atoms with Crippen molar-refractivity contribution in [1.29, 1.82) is 0 Å². The van der Waals surface area contributed by atoms with E-state index in [1.165, 1.54) is 4.90 Å². The average Bonchev–Trinajstić information content (AvgIpc) is 3.45. The van der Waals surface area contributed by atoms with Crippen molar-refractivity contribution < 1.29 is 23.9 Å². The lowest BCUT2D eigenvalue weighted by molar-refractivity contribution is -0.123. The van der Waals surface area contributed by atoms with Gasteiger partial charge in [0.05, 0.1) is 23.6 Å². The van der Waals surface area contributed by atoms with Crippen LogP contribution in [0.3, 0.4) is 0 Å². The monoisotopic (exact) mass is 418 g/mol. The van der Waals surface area contributed by atoms with Crippen LogP contribution < -0.4 is 14.4 Å². The summed E-state index contributed by atoms with van der Waals surface area (Å²) in [5.74, 6) is -0.596. The van der Waals surface area contributed by atoms with E-state index in [-0.39, 0.29) is 23.6 Å². The van der Waals surface area contributed by atoms with Gasteiger partial charge in [-0.2, -0.15) is 0 Å². The van der Waals surface area contributed by atoms with Crippen molar-refractivity contribution in [3.05, 3.63) is 54.1 Å². The molecule has 0 bridgehead atoms. The Hall–Kier alpha value is -3.19. The number of fused-ring (bicyclic) bond motifs is 4. The summed E-state index contributed by atoms with van der Waals surface area (Å²) in [6, 6.07) is 13.5. The lowest BCUT2D eigenvalue weighted by atomic mass is 9.85. The molecule has 2 aromatic rings. The number of carbonyl (C=O) groups excluding carboxylic acids is 3. The molecule has 0 radical (unpaired) electrons. The number of benzene rings is 2. The van der Waals surface area contributed by atoms with Crippen LogP contribution in [-0.2, 0) is 9.59 Å². The van der Waals surface area contributed by atoms with E-state index in [4.69, 9.17) is 9.47 Å². The average molecular weight is 418 g/mol. The van der Waals surface area contributed by atoms with Gasteiger partial charge in [0, 0.05) is 17.7 Å². The number of rotatable bonds is 3. The third-order valence-electron chi connectivity index (χ3n) is 6.96. The quantitative estimate of drug-likeness (QED) is 0.562. The van der Waals surface area contributed by atoms with Gasteiger partial charge in [0.1, 0.15) is 13.2 Å². The number of Topliss-reactive ketones (excluding diaryl/α,β-unsaturated/α-hetero) is 1. The number of hydrogen-bond donors (Lipinski definition) is 0. The van der Waals surface area contributed by atoms with Crippen LogP contribution in [0.2, 0.25) is 0 Å². The minimum absolute atomic E-state index is 0.0682. The smallest absolute Gasteiger partial charge is 0.239 e. The number of hydrogen-bond acceptors (Lipinski definition) is 6. The normalized spacial score (nSPS) is 29.2. The van der Waals surface area contributed by atoms with E-state index in [2.05, 4.69) is 4.90 Å². The molecule has 31 heavy (non-hydrogen) atoms. The zero-order chi connectivity index (χ0) is 21.1. The molecule has 0 saturated carbocycles. The van der Waals surface area contributed by atoms with E-state index >= 15 is 0 Å². The molecule has 2 amide bonds. The van der Waals surface area contributed by atoms with Crippen LogP contribution in [0.5, 0.6) is 11.5 Å². The Morgan fingerprint density at radius 1 is 0.903 bits per heavy atom. The second-order valence-electron chi connectivity index (χ2n) is 8.51. The summed E-state index contributed by atoms with van der Waals surface area (Å²) in [7, 11) is 0. The molecule has 7 nitrogen and oxygen atoms in total. The third kappa shape index (κ3) is 2.66. The van der Waals surface area contributed by atoms with E-state index < -0.39 is 17.9 Å². The number of carbonyl (C=O) groups is 3. The first-order valence-corrected chi connectivity index (χ1v) is 10.8. The molecule has 3 saturated heterocycles. The molecule has 4 heterocycles. The molecule has 0 spiro atoms. The molecule has 4 atom stereocenters. The molecule has 0 aliphatic carbocycles. The van der Waals surface area contributed by atoms with Crippen molar-refractivity contribution in [1.82, 2.24) is 4.90 Å². The number of nitrogens with zero attached hydrogens (tertiary/aromatic N) is 2. The molecule has 158 valence electrons. The van der Waals surface area contributed by atoms with E-state index in [0.717, 1.165) is 19.4 Å². The maximum Gasteiger partial charge on any atom is 0.239 e. The van der Waals surface area contributed by atoms with Crippen molar-refractivity contribution in [3.63, 3.8) is 0 Å². The fourth-order valence-electron chi connectivity index (χ4n) is 5.71. The largest absolute Gasteiger partial charge is 0.486 e. The van der Waals surface area contributed by atoms with Gasteiger partial charge in [0.15, 0.2) is 17.3 Å². The SMILES string of the molecule is O=C(c1ccccc1)[C@@H]1[C@@H]2C(=O)N(c3ccc4c(c3)OCCO4)C(=O)[C@@H]2[C@@H]2CCCN12. The molecule has 2 aromatic carbocycles. The van der Waals surface area contributed by atoms with E-state index in [1.54, 1.807) is 30.3 Å². The van der Waals surface area contributed by atoms with Gasteiger partial charge in [-0.3, -0.25) is 19.3 Å². The van der Waals surface area contributed by atoms with Crippen molar-refractivity contribution in [2.75, 3.05) is 24.7 Å². The van der Waals surface area contributed by atoms with Crippen molar-refractivity contribution in [2.45, 2.75) is 24.9 Å². The fraction of sp³-hybridized carbons (Fsp3) is 0.375. The number of imide groups is 1. The van der Waals surface area contributed by atoms with Crippen LogP contribution in [0.1, 0.15) is 23.2 Å². The van der Waals surface area contributed by atoms with Crippen LogP contribution in [0.4, 0.5) is 5.69 Å². The van der Waals surface area contributed by atoms with Gasteiger partial charge >= 0.3 is 0 Å². The van der Waals surface area contributed by atoms with Gasteiger partial charge in [-0.1, -0.05) is 30.3 Å². The maximum absolute atomic E-state index is 13.6. The van der Waals surface area contributed by atoms with E-state index in [9.17, 15) is 14.4 Å². The molecule has 0 unspecified atom stereocenters. The van der Waals surface area contributed by atoms with E-state index in [0.29, 0.717) is 36.0 Å². The van der Waals surface area contributed by atoms with Gasteiger partial charge in [0.2, 0.25) is 11.8 Å². The van der Waals surface area contributed by atoms with Gasteiger partial charge in [-0.25, -0.2) is 4.90 Å². The second-order valence-corrected chi connectivity index (χ2v) is 8.51. The minimum Gasteiger partial charge on any atom is -0.486 e. The molecular formula is C24H22N2O5. The molecule has 0 N–H and O–H groups in total. The van der Waals surface area contributed by atoms with Gasteiger partial charge in [0.25, 0.3) is 0 Å². The lowest BCUT2D eigenvalue weighted by Crippen LogP contribution is -2.46. The van der Waals surface area contributed by atoms with Crippen molar-refractivity contribution in [3.8, 4) is 11.5 Å². The molecular weight excluding hydrogens is 396 g/mol. The van der Waals surface area contributed by atoms with Gasteiger partial charge in [-0.05, 0) is 31.5 Å². The van der Waals surface area contributed by atoms with Gasteiger partial charge in [-0.15, -0.1) is 0 Å². The van der Waals surface area contributed by atoms with Crippen LogP contribution in [-0.4, -0.2) is 54.3 Å². The summed E-state index contributed by atoms with van der Waals surface area (Å²) in [6.07, 6.45) is 1.76. The highest BCUT2D eigenvalue weighted by atomic mass is 16.6. The Morgan fingerprint density at radius 3 is 2.45 bits per heavy atom. The Balaban J connectivity index is 1.39. The molecule has 3 fully saturated rings. The highest BCUT2D eigenvalue weighted by Gasteiger charge is 2.64. The van der Waals surface area contributed by atoms with Gasteiger partial charge < -0.3 is 9.47 Å². The zero-order valence-corrected chi connectivity index (χ0v) is 16.9. The topological polar surface area (TPSA) is 76.1 Å². The first kappa shape index (κ1) is 18.6. The predicted molar refractivity (Wildman–Crippen MR) is 111 cm³/mol. The number of amides is 2. The molecule has 7 heteroatoms. The van der Waals surface area contributed by atoms with Crippen molar-refractivity contribution in [2.24, 2.45) is 11.8 Å². The lowest BCUT2D eigenvalue weighted by Gasteiger charge is -2.28. The highest BCUT2D eigenvalue weighted by molar-refractivity contribution is 6.24. The summed E-state index contributed by atoms with van der Waals surface area (Å²) in [5, 5.41) is 0. The molecule has 6 rings (SSSR count). The summed E-state index contributed by atoms with van der Waals surface area (Å²) < 4.78 is 11.2. The molecule has 4 aliphatic rings. The van der Waals surface area contributed by atoms with Crippen molar-refractivity contribution >= 4 is 23.3 Å². The highest BCUT2D eigenvalue weighted by Crippen LogP contribution is 2.49. The van der Waals surface area contributed by atoms with Crippen LogP contribution in [0, 0.1) is 11.8 Å². The third-order valence-corrected chi connectivity index (χ3v) is 6.96. The summed E-state index contributed by atoms with van der Waals surface area (Å²) in [5.41, 5.74) is 1.06. The van der Waals surface area contributed by atoms with E-state index in [1.807, 2.05) is 18.2 Å². The first-order valence-electron chi connectivity index (χ1n) is 10.8. The summed E-state index contributed by atoms with van der Waals surface area (Å²) in [6.45, 7) is 1.64. The first-order chi connectivity index (χ1) is 15.1. The maximum atomic E-state index is 13.6. The van der Waals surface area contributed by atoms with Crippen LogP contribution in [0.25, 0.3) is 0 Å². The number of ketones is 1. The summed E-state index contributed by atoms with van der Waals surface area (Å²) >= 11 is 0. The second kappa shape index (κ2) is 6.92. The fourth-order valence-corrected chi connectivity index (χ4v) is 5.71. The van der Waals surface area contributed by atoms with Crippen LogP contribution in [0.15, 0.2) is 48.5 Å². The molecule has 4 aliphatic heterocycles. The molecule has 0 aromatic heterocycles. The summed E-state index contributed by atoms with van der Waals surface area (Å²) in [4.78, 5) is 43.9. The standard InChI is InChI=1S/C24H22N2O5/c27-22(14-5-2-1-3-6-14)21-20-19(16-7-4-10-25(16)21)23(28)26(24(20)29)15-8-9-17-18(13-15)31-12-11-30-17/h1-3,5-6,8-9,13,16,19-21H,4,7,10-12H2/t16-,19+,20+,21-/m0/s1. The predicted octanol–water partition coefficient (Wildman–Crippen LogP) is 2.29. The Labute approximate surface area is 179 Å².